The van der Waals surface area contributed by atoms with Crippen LogP contribution >= 0.6 is 15.9 Å². The quantitative estimate of drug-likeness (QED) is 0.717. The molecule has 0 aromatic carbocycles. The minimum Gasteiger partial charge on any atom is -0.310 e. The number of nitrogens with zero attached hydrogens (tertiary/aromatic N) is 4. The first-order valence-electron chi connectivity index (χ1n) is 6.40. The van der Waals surface area contributed by atoms with Crippen molar-refractivity contribution >= 4 is 33.0 Å². The summed E-state index contributed by atoms with van der Waals surface area (Å²) in [6.07, 6.45) is 5.24. The number of rotatable bonds is 2. The second kappa shape index (κ2) is 5.29. The standard InChI is InChI=1S/C15H13BrN4O/c1-10-3-4-13(17-8-10)15(21)19(2)11-5-6-20-14(7-11)12(16)9-18-20/h3-9H,1-2H3. The van der Waals surface area contributed by atoms with E-state index in [9.17, 15) is 4.79 Å². The molecule has 3 aromatic heterocycles. The maximum Gasteiger partial charge on any atom is 0.276 e. The first kappa shape index (κ1) is 13.8. The number of amides is 1. The molecule has 0 aliphatic carbocycles. The van der Waals surface area contributed by atoms with E-state index in [1.807, 2.05) is 31.3 Å². The van der Waals surface area contributed by atoms with Crippen LogP contribution in [0.15, 0.2) is 47.3 Å². The predicted octanol–water partition coefficient (Wildman–Crippen LogP) is 3.08. The molecule has 21 heavy (non-hydrogen) atoms. The molecule has 3 heterocycles. The zero-order chi connectivity index (χ0) is 15.0. The zero-order valence-corrected chi connectivity index (χ0v) is 13.2. The fourth-order valence-electron chi connectivity index (χ4n) is 2.03. The van der Waals surface area contributed by atoms with Crippen LogP contribution in [0.5, 0.6) is 0 Å². The third-order valence-electron chi connectivity index (χ3n) is 3.28. The average Bonchev–Trinajstić information content (AvgIpc) is 2.87. The topological polar surface area (TPSA) is 50.5 Å². The van der Waals surface area contributed by atoms with Crippen LogP contribution in [0.1, 0.15) is 16.1 Å². The number of pyridine rings is 2. The molecule has 1 amide bonds. The summed E-state index contributed by atoms with van der Waals surface area (Å²) in [5.74, 6) is -0.144. The first-order valence-corrected chi connectivity index (χ1v) is 7.19. The summed E-state index contributed by atoms with van der Waals surface area (Å²) in [6, 6.07) is 7.37. The van der Waals surface area contributed by atoms with Crippen molar-refractivity contribution in [1.82, 2.24) is 14.6 Å². The van der Waals surface area contributed by atoms with E-state index in [1.54, 1.807) is 34.9 Å². The van der Waals surface area contributed by atoms with Crippen LogP contribution in [0.2, 0.25) is 0 Å². The van der Waals surface area contributed by atoms with Crippen LogP contribution < -0.4 is 4.90 Å². The number of anilines is 1. The van der Waals surface area contributed by atoms with Gasteiger partial charge >= 0.3 is 0 Å². The van der Waals surface area contributed by atoms with Crippen molar-refractivity contribution in [3.05, 3.63) is 58.6 Å². The van der Waals surface area contributed by atoms with E-state index in [0.29, 0.717) is 5.69 Å². The van der Waals surface area contributed by atoms with Gasteiger partial charge in [0.1, 0.15) is 5.69 Å². The molecule has 0 bridgehead atoms. The highest BCUT2D eigenvalue weighted by molar-refractivity contribution is 9.10. The zero-order valence-electron chi connectivity index (χ0n) is 11.6. The first-order chi connectivity index (χ1) is 10.1. The summed E-state index contributed by atoms with van der Waals surface area (Å²) in [7, 11) is 1.74. The number of halogens is 1. The summed E-state index contributed by atoms with van der Waals surface area (Å²) in [4.78, 5) is 18.2. The van der Waals surface area contributed by atoms with Crippen molar-refractivity contribution in [2.45, 2.75) is 6.92 Å². The minimum atomic E-state index is -0.144. The molecule has 0 aliphatic heterocycles. The molecule has 0 atom stereocenters. The smallest absolute Gasteiger partial charge is 0.276 e. The third-order valence-corrected chi connectivity index (χ3v) is 3.89. The average molecular weight is 345 g/mol. The SMILES string of the molecule is Cc1ccc(C(=O)N(C)c2ccn3ncc(Br)c3c2)nc1. The number of aromatic nitrogens is 3. The Labute approximate surface area is 130 Å². The lowest BCUT2D eigenvalue weighted by Gasteiger charge is -2.17. The monoisotopic (exact) mass is 344 g/mol. The van der Waals surface area contributed by atoms with E-state index in [2.05, 4.69) is 26.0 Å². The molecular formula is C15H13BrN4O. The molecule has 0 saturated heterocycles. The van der Waals surface area contributed by atoms with E-state index >= 15 is 0 Å². The lowest BCUT2D eigenvalue weighted by atomic mass is 10.2. The molecule has 0 saturated carbocycles. The Kier molecular flexibility index (Phi) is 3.47. The van der Waals surface area contributed by atoms with Crippen molar-refractivity contribution in [2.75, 3.05) is 11.9 Å². The van der Waals surface area contributed by atoms with Gasteiger partial charge in [-0.25, -0.2) is 4.52 Å². The van der Waals surface area contributed by atoms with Crippen LogP contribution in [0, 0.1) is 6.92 Å². The number of aryl methyl sites for hydroxylation is 1. The van der Waals surface area contributed by atoms with E-state index in [1.165, 1.54) is 0 Å². The number of hydrogen-bond donors (Lipinski definition) is 0. The largest absolute Gasteiger partial charge is 0.310 e. The summed E-state index contributed by atoms with van der Waals surface area (Å²) in [5.41, 5.74) is 3.15. The maximum absolute atomic E-state index is 12.4. The van der Waals surface area contributed by atoms with E-state index in [4.69, 9.17) is 0 Å². The second-order valence-corrected chi connectivity index (χ2v) is 5.65. The van der Waals surface area contributed by atoms with Crippen molar-refractivity contribution in [1.29, 1.82) is 0 Å². The molecule has 5 nitrogen and oxygen atoms in total. The molecule has 0 radical (unpaired) electrons. The lowest BCUT2D eigenvalue weighted by molar-refractivity contribution is 0.0988. The van der Waals surface area contributed by atoms with E-state index in [0.717, 1.165) is 21.2 Å². The number of carbonyl (C=O) groups is 1. The molecule has 0 aliphatic rings. The Morgan fingerprint density at radius 2 is 2.10 bits per heavy atom. The van der Waals surface area contributed by atoms with Crippen LogP contribution in [0.3, 0.4) is 0 Å². The summed E-state index contributed by atoms with van der Waals surface area (Å²) < 4.78 is 2.63. The molecular weight excluding hydrogens is 332 g/mol. The van der Waals surface area contributed by atoms with Gasteiger partial charge in [-0.1, -0.05) is 6.07 Å². The van der Waals surface area contributed by atoms with E-state index in [-0.39, 0.29) is 5.91 Å². The van der Waals surface area contributed by atoms with Gasteiger partial charge in [0, 0.05) is 25.1 Å². The van der Waals surface area contributed by atoms with Crippen molar-refractivity contribution in [3.63, 3.8) is 0 Å². The van der Waals surface area contributed by atoms with Crippen LogP contribution in [-0.4, -0.2) is 27.6 Å². The maximum atomic E-state index is 12.4. The lowest BCUT2D eigenvalue weighted by Crippen LogP contribution is -2.27. The molecule has 0 fully saturated rings. The van der Waals surface area contributed by atoms with Crippen LogP contribution in [0.25, 0.3) is 5.52 Å². The fraction of sp³-hybridized carbons (Fsp3) is 0.133. The Hall–Kier alpha value is -2.21. The van der Waals surface area contributed by atoms with Crippen LogP contribution in [0.4, 0.5) is 5.69 Å². The highest BCUT2D eigenvalue weighted by atomic mass is 79.9. The molecule has 0 N–H and O–H groups in total. The molecule has 3 aromatic rings. The van der Waals surface area contributed by atoms with E-state index < -0.39 is 0 Å². The highest BCUT2D eigenvalue weighted by Crippen LogP contribution is 2.23. The Bertz CT molecular complexity index is 810. The minimum absolute atomic E-state index is 0.144. The van der Waals surface area contributed by atoms with Gasteiger partial charge in [0.05, 0.1) is 16.2 Å². The summed E-state index contributed by atoms with van der Waals surface area (Å²) in [6.45, 7) is 1.94. The predicted molar refractivity (Wildman–Crippen MR) is 84.6 cm³/mol. The molecule has 3 rings (SSSR count). The van der Waals surface area contributed by atoms with Gasteiger partial charge in [-0.3, -0.25) is 9.78 Å². The van der Waals surface area contributed by atoms with Crippen LogP contribution in [-0.2, 0) is 0 Å². The van der Waals surface area contributed by atoms with Gasteiger partial charge in [0.25, 0.3) is 5.91 Å². The highest BCUT2D eigenvalue weighted by Gasteiger charge is 2.15. The fourth-order valence-corrected chi connectivity index (χ4v) is 2.42. The van der Waals surface area contributed by atoms with Gasteiger partial charge in [0.2, 0.25) is 0 Å². The van der Waals surface area contributed by atoms with Gasteiger partial charge in [-0.15, -0.1) is 0 Å². The second-order valence-electron chi connectivity index (χ2n) is 4.79. The number of hydrogen-bond acceptors (Lipinski definition) is 3. The number of carbonyl (C=O) groups excluding carboxylic acids is 1. The molecule has 6 heteroatoms. The van der Waals surface area contributed by atoms with Gasteiger partial charge in [-0.2, -0.15) is 5.10 Å². The Morgan fingerprint density at radius 3 is 2.81 bits per heavy atom. The van der Waals surface area contributed by atoms with Crippen molar-refractivity contribution in [2.24, 2.45) is 0 Å². The molecule has 0 spiro atoms. The van der Waals surface area contributed by atoms with Gasteiger partial charge < -0.3 is 4.90 Å². The molecule has 0 unspecified atom stereocenters. The molecule has 106 valence electrons. The summed E-state index contributed by atoms with van der Waals surface area (Å²) >= 11 is 3.44. The van der Waals surface area contributed by atoms with Crippen molar-refractivity contribution in [3.8, 4) is 0 Å². The Morgan fingerprint density at radius 1 is 1.29 bits per heavy atom. The van der Waals surface area contributed by atoms with Gasteiger partial charge in [0.15, 0.2) is 0 Å². The third kappa shape index (κ3) is 2.54. The summed E-state index contributed by atoms with van der Waals surface area (Å²) in [5, 5.41) is 4.19. The Balaban J connectivity index is 1.95. The normalized spacial score (nSPS) is 10.8. The number of fused-ring (bicyclic) bond motifs is 1. The van der Waals surface area contributed by atoms with Gasteiger partial charge in [-0.05, 0) is 46.6 Å². The van der Waals surface area contributed by atoms with Crippen molar-refractivity contribution < 1.29 is 4.79 Å².